The maximum Gasteiger partial charge on any atom is 0.251 e. The first-order chi connectivity index (χ1) is 7.70. The first-order valence-electron chi connectivity index (χ1n) is 4.95. The van der Waals surface area contributed by atoms with E-state index in [4.69, 9.17) is 5.11 Å². The highest BCUT2D eigenvalue weighted by atomic mass is 32.1. The van der Waals surface area contributed by atoms with Crippen LogP contribution in [0.15, 0.2) is 23.7 Å². The van der Waals surface area contributed by atoms with Gasteiger partial charge in [0.05, 0.1) is 22.3 Å². The van der Waals surface area contributed by atoms with Gasteiger partial charge in [-0.3, -0.25) is 4.79 Å². The number of carbonyl (C=O) groups is 1. The maximum absolute atomic E-state index is 11.7. The van der Waals surface area contributed by atoms with Gasteiger partial charge in [0.2, 0.25) is 0 Å². The molecule has 0 fully saturated rings. The highest BCUT2D eigenvalue weighted by Gasteiger charge is 2.09. The number of hydrogen-bond donors (Lipinski definition) is 2. The van der Waals surface area contributed by atoms with E-state index in [-0.39, 0.29) is 18.6 Å². The van der Waals surface area contributed by atoms with Crippen molar-refractivity contribution in [3.8, 4) is 0 Å². The zero-order valence-electron chi connectivity index (χ0n) is 8.80. The van der Waals surface area contributed by atoms with Crippen LogP contribution in [0.2, 0.25) is 0 Å². The van der Waals surface area contributed by atoms with E-state index in [2.05, 4.69) is 10.3 Å². The summed E-state index contributed by atoms with van der Waals surface area (Å²) in [5, 5.41) is 11.5. The molecule has 1 unspecified atom stereocenters. The molecule has 0 radical (unpaired) electrons. The third-order valence-corrected chi connectivity index (χ3v) is 3.04. The Hall–Kier alpha value is -1.46. The van der Waals surface area contributed by atoms with Crippen molar-refractivity contribution in [1.29, 1.82) is 0 Å². The molecule has 0 saturated carbocycles. The Labute approximate surface area is 96.9 Å². The minimum Gasteiger partial charge on any atom is -0.394 e. The van der Waals surface area contributed by atoms with Crippen molar-refractivity contribution in [2.75, 3.05) is 6.61 Å². The minimum absolute atomic E-state index is 0.0610. The lowest BCUT2D eigenvalue weighted by molar-refractivity contribution is 0.0922. The Morgan fingerprint density at radius 3 is 3.19 bits per heavy atom. The molecule has 1 atom stereocenters. The van der Waals surface area contributed by atoms with E-state index in [0.29, 0.717) is 5.56 Å². The van der Waals surface area contributed by atoms with E-state index in [1.54, 1.807) is 18.5 Å². The molecule has 1 amide bonds. The maximum atomic E-state index is 11.7. The van der Waals surface area contributed by atoms with Crippen LogP contribution in [0.4, 0.5) is 0 Å². The second-order valence-corrected chi connectivity index (χ2v) is 4.48. The minimum atomic E-state index is -0.232. The van der Waals surface area contributed by atoms with Crippen LogP contribution in [0.25, 0.3) is 10.2 Å². The monoisotopic (exact) mass is 236 g/mol. The summed E-state index contributed by atoms with van der Waals surface area (Å²) in [6.07, 6.45) is 0. The summed E-state index contributed by atoms with van der Waals surface area (Å²) in [7, 11) is 0. The molecule has 1 aromatic carbocycles. The molecule has 0 aliphatic carbocycles. The van der Waals surface area contributed by atoms with Crippen LogP contribution in [-0.2, 0) is 0 Å². The third kappa shape index (κ3) is 2.20. The van der Waals surface area contributed by atoms with Crippen LogP contribution in [0.1, 0.15) is 17.3 Å². The van der Waals surface area contributed by atoms with Crippen molar-refractivity contribution < 1.29 is 9.90 Å². The number of thiazole rings is 1. The summed E-state index contributed by atoms with van der Waals surface area (Å²) in [5.74, 6) is -0.170. The number of benzene rings is 1. The molecule has 0 aliphatic rings. The molecule has 2 aromatic rings. The molecule has 4 nitrogen and oxygen atoms in total. The number of carbonyl (C=O) groups excluding carboxylic acids is 1. The molecule has 0 saturated heterocycles. The Balaban J connectivity index is 2.22. The van der Waals surface area contributed by atoms with E-state index in [1.807, 2.05) is 12.1 Å². The number of amides is 1. The Morgan fingerprint density at radius 1 is 1.62 bits per heavy atom. The quantitative estimate of drug-likeness (QED) is 0.847. The standard InChI is InChI=1S/C11H12N2O2S/c1-7(5-14)13-11(15)8-2-3-9-10(4-8)16-6-12-9/h2-4,6-7,14H,5H2,1H3,(H,13,15). The predicted molar refractivity (Wildman–Crippen MR) is 63.6 cm³/mol. The largest absolute Gasteiger partial charge is 0.394 e. The number of rotatable bonds is 3. The van der Waals surface area contributed by atoms with Crippen molar-refractivity contribution in [3.63, 3.8) is 0 Å². The van der Waals surface area contributed by atoms with Gasteiger partial charge in [0.15, 0.2) is 0 Å². The average Bonchev–Trinajstić information content (AvgIpc) is 2.75. The van der Waals surface area contributed by atoms with Crippen molar-refractivity contribution in [2.24, 2.45) is 0 Å². The van der Waals surface area contributed by atoms with Crippen molar-refractivity contribution in [3.05, 3.63) is 29.3 Å². The molecule has 0 aliphatic heterocycles. The van der Waals surface area contributed by atoms with Crippen molar-refractivity contribution >= 4 is 27.5 Å². The smallest absolute Gasteiger partial charge is 0.251 e. The van der Waals surface area contributed by atoms with Crippen LogP contribution in [0, 0.1) is 0 Å². The molecule has 2 N–H and O–H groups in total. The number of nitrogens with one attached hydrogen (secondary N) is 1. The number of aliphatic hydroxyl groups is 1. The first-order valence-corrected chi connectivity index (χ1v) is 5.83. The molecular weight excluding hydrogens is 224 g/mol. The fourth-order valence-corrected chi connectivity index (χ4v) is 2.07. The predicted octanol–water partition coefficient (Wildman–Crippen LogP) is 1.41. The van der Waals surface area contributed by atoms with Gasteiger partial charge in [0.1, 0.15) is 0 Å². The second-order valence-electron chi connectivity index (χ2n) is 3.59. The molecule has 0 bridgehead atoms. The zero-order chi connectivity index (χ0) is 11.5. The Kier molecular flexibility index (Phi) is 3.17. The zero-order valence-corrected chi connectivity index (χ0v) is 9.62. The summed E-state index contributed by atoms with van der Waals surface area (Å²) in [6.45, 7) is 1.69. The molecule has 16 heavy (non-hydrogen) atoms. The van der Waals surface area contributed by atoms with E-state index in [1.165, 1.54) is 11.3 Å². The van der Waals surface area contributed by atoms with E-state index in [0.717, 1.165) is 10.2 Å². The summed E-state index contributed by atoms with van der Waals surface area (Å²) < 4.78 is 0.990. The van der Waals surface area contributed by atoms with Gasteiger partial charge in [0.25, 0.3) is 5.91 Å². The van der Waals surface area contributed by atoms with Crippen LogP contribution >= 0.6 is 11.3 Å². The lowest BCUT2D eigenvalue weighted by atomic mass is 10.2. The summed E-state index contributed by atoms with van der Waals surface area (Å²) >= 11 is 1.50. The fourth-order valence-electron chi connectivity index (χ4n) is 1.35. The van der Waals surface area contributed by atoms with Gasteiger partial charge < -0.3 is 10.4 Å². The van der Waals surface area contributed by atoms with Crippen LogP contribution in [0.3, 0.4) is 0 Å². The van der Waals surface area contributed by atoms with Gasteiger partial charge in [-0.2, -0.15) is 0 Å². The van der Waals surface area contributed by atoms with Gasteiger partial charge in [-0.25, -0.2) is 4.98 Å². The molecule has 5 heteroatoms. The SMILES string of the molecule is CC(CO)NC(=O)c1ccc2ncsc2c1. The van der Waals surface area contributed by atoms with Crippen molar-refractivity contribution in [2.45, 2.75) is 13.0 Å². The van der Waals surface area contributed by atoms with Crippen molar-refractivity contribution in [1.82, 2.24) is 10.3 Å². The van der Waals surface area contributed by atoms with Crippen LogP contribution in [-0.4, -0.2) is 28.6 Å². The normalized spacial score (nSPS) is 12.6. The number of aromatic nitrogens is 1. The molecular formula is C11H12N2O2S. The summed E-state index contributed by atoms with van der Waals surface area (Å²) in [6, 6.07) is 5.14. The van der Waals surface area contributed by atoms with Gasteiger partial charge >= 0.3 is 0 Å². The molecule has 1 heterocycles. The van der Waals surface area contributed by atoms with Gasteiger partial charge in [-0.15, -0.1) is 11.3 Å². The molecule has 0 spiro atoms. The van der Waals surface area contributed by atoms with Crippen LogP contribution in [0.5, 0.6) is 0 Å². The van der Waals surface area contributed by atoms with Gasteiger partial charge in [-0.1, -0.05) is 0 Å². The first kappa shape index (κ1) is 11.0. The third-order valence-electron chi connectivity index (χ3n) is 2.24. The summed E-state index contributed by atoms with van der Waals surface area (Å²) in [5.41, 5.74) is 3.25. The Morgan fingerprint density at radius 2 is 2.44 bits per heavy atom. The number of nitrogens with zero attached hydrogens (tertiary/aromatic N) is 1. The summed E-state index contributed by atoms with van der Waals surface area (Å²) in [4.78, 5) is 15.9. The lowest BCUT2D eigenvalue weighted by Gasteiger charge is -2.10. The van der Waals surface area contributed by atoms with Gasteiger partial charge in [0, 0.05) is 11.6 Å². The topological polar surface area (TPSA) is 62.2 Å². The van der Waals surface area contributed by atoms with Gasteiger partial charge in [-0.05, 0) is 25.1 Å². The number of fused-ring (bicyclic) bond motifs is 1. The van der Waals surface area contributed by atoms with Crippen LogP contribution < -0.4 is 5.32 Å². The van der Waals surface area contributed by atoms with E-state index in [9.17, 15) is 4.79 Å². The van der Waals surface area contributed by atoms with E-state index >= 15 is 0 Å². The van der Waals surface area contributed by atoms with E-state index < -0.39 is 0 Å². The average molecular weight is 236 g/mol. The Bertz CT molecular complexity index is 509. The fraction of sp³-hybridized carbons (Fsp3) is 0.273. The molecule has 84 valence electrons. The lowest BCUT2D eigenvalue weighted by Crippen LogP contribution is -2.34. The second kappa shape index (κ2) is 4.59. The number of aliphatic hydroxyl groups excluding tert-OH is 1. The molecule has 2 rings (SSSR count). The molecule has 1 aromatic heterocycles. The highest BCUT2D eigenvalue weighted by Crippen LogP contribution is 2.18. The number of hydrogen-bond acceptors (Lipinski definition) is 4. The highest BCUT2D eigenvalue weighted by molar-refractivity contribution is 7.16.